The molecule has 0 fully saturated rings. The van der Waals surface area contributed by atoms with Crippen LogP contribution in [0.5, 0.6) is 5.75 Å². The highest BCUT2D eigenvalue weighted by atomic mass is 32.1. The number of nitrogens with zero attached hydrogens (tertiary/aromatic N) is 1. The maximum atomic E-state index is 13.2. The lowest BCUT2D eigenvalue weighted by molar-refractivity contribution is -0.384. The Labute approximate surface area is 197 Å². The average Bonchev–Trinajstić information content (AvgIpc) is 2.80. The highest BCUT2D eigenvalue weighted by Crippen LogP contribution is 2.29. The lowest BCUT2D eigenvalue weighted by Crippen LogP contribution is -2.39. The van der Waals surface area contributed by atoms with Gasteiger partial charge in [-0.05, 0) is 61.0 Å². The van der Waals surface area contributed by atoms with Gasteiger partial charge in [-0.1, -0.05) is 36.4 Å². The number of methoxy groups -OCH3 is 1. The van der Waals surface area contributed by atoms with Crippen LogP contribution in [0.3, 0.4) is 0 Å². The minimum absolute atomic E-state index is 0.109. The van der Waals surface area contributed by atoms with E-state index < -0.39 is 11.0 Å². The first-order valence-corrected chi connectivity index (χ1v) is 10.5. The molecular weight excluding hydrogens is 440 g/mol. The van der Waals surface area contributed by atoms with Crippen molar-refractivity contribution in [3.05, 3.63) is 93.5 Å². The smallest absolute Gasteiger partial charge is 0.271 e. The van der Waals surface area contributed by atoms with Crippen LogP contribution in [-0.4, -0.2) is 23.1 Å². The maximum absolute atomic E-state index is 13.2. The van der Waals surface area contributed by atoms with Gasteiger partial charge in [-0.15, -0.1) is 0 Å². The number of amides is 1. The van der Waals surface area contributed by atoms with Gasteiger partial charge in [0.2, 0.25) is 0 Å². The number of non-ortho nitro benzene ring substituents is 1. The topological polar surface area (TPSA) is 106 Å². The van der Waals surface area contributed by atoms with Gasteiger partial charge in [0.05, 0.1) is 17.7 Å². The summed E-state index contributed by atoms with van der Waals surface area (Å²) < 4.78 is 5.27. The van der Waals surface area contributed by atoms with Crippen LogP contribution >= 0.6 is 12.2 Å². The third-order valence-corrected chi connectivity index (χ3v) is 5.31. The summed E-state index contributed by atoms with van der Waals surface area (Å²) in [6.45, 7) is 3.98. The van der Waals surface area contributed by atoms with E-state index >= 15 is 0 Å². The van der Waals surface area contributed by atoms with E-state index in [4.69, 9.17) is 17.0 Å². The Morgan fingerprint density at radius 3 is 2.36 bits per heavy atom. The molecule has 9 heteroatoms. The second-order valence-electron chi connectivity index (χ2n) is 7.37. The molecule has 0 aromatic heterocycles. The van der Waals surface area contributed by atoms with Gasteiger partial charge >= 0.3 is 0 Å². The molecule has 1 amide bonds. The number of carbonyl (C=O) groups is 1. The number of rotatable bonds is 7. The minimum atomic E-state index is -0.808. The predicted molar refractivity (Wildman–Crippen MR) is 133 cm³/mol. The zero-order chi connectivity index (χ0) is 24.0. The molecule has 0 aliphatic rings. The second kappa shape index (κ2) is 10.6. The standard InChI is InChI=1S/C24H24N4O4S/c1-15-9-10-18(13-16(15)2)25-23(29)22(17-7-5-4-6-8-17)27-24(33)26-20-14-19(28(30)31)11-12-21(20)32-3/h4-14,22H,1-3H3,(H,25,29)(H2,26,27,33)/t22-/m1/s1. The second-order valence-corrected chi connectivity index (χ2v) is 7.78. The molecule has 0 spiro atoms. The number of thiocarbonyl (C=S) groups is 1. The van der Waals surface area contributed by atoms with E-state index in [2.05, 4.69) is 16.0 Å². The Balaban J connectivity index is 1.83. The number of benzene rings is 3. The van der Waals surface area contributed by atoms with Crippen LogP contribution in [0.15, 0.2) is 66.7 Å². The molecule has 0 unspecified atom stereocenters. The fraction of sp³-hybridized carbons (Fsp3) is 0.167. The molecule has 0 heterocycles. The van der Waals surface area contributed by atoms with Crippen LogP contribution < -0.4 is 20.7 Å². The van der Waals surface area contributed by atoms with Crippen molar-refractivity contribution in [3.63, 3.8) is 0 Å². The molecule has 0 saturated carbocycles. The molecule has 3 rings (SSSR count). The Kier molecular flexibility index (Phi) is 7.57. The van der Waals surface area contributed by atoms with Gasteiger partial charge in [-0.3, -0.25) is 14.9 Å². The number of anilines is 2. The SMILES string of the molecule is COc1ccc([N+](=O)[O-])cc1NC(=S)N[C@@H](C(=O)Nc1ccc(C)c(C)c1)c1ccccc1. The zero-order valence-corrected chi connectivity index (χ0v) is 19.2. The number of ether oxygens (including phenoxy) is 1. The zero-order valence-electron chi connectivity index (χ0n) is 18.4. The lowest BCUT2D eigenvalue weighted by atomic mass is 10.1. The van der Waals surface area contributed by atoms with Gasteiger partial charge in [-0.25, -0.2) is 0 Å². The summed E-state index contributed by atoms with van der Waals surface area (Å²) in [7, 11) is 1.45. The number of aryl methyl sites for hydroxylation is 2. The Bertz CT molecular complexity index is 1180. The molecule has 0 aliphatic heterocycles. The third kappa shape index (κ3) is 6.05. The first-order chi connectivity index (χ1) is 15.8. The number of nitro groups is 1. The molecule has 170 valence electrons. The number of carbonyl (C=O) groups excluding carboxylic acids is 1. The van der Waals surface area contributed by atoms with Crippen molar-refractivity contribution in [2.45, 2.75) is 19.9 Å². The lowest BCUT2D eigenvalue weighted by Gasteiger charge is -2.21. The fourth-order valence-electron chi connectivity index (χ4n) is 3.18. The molecule has 0 saturated heterocycles. The van der Waals surface area contributed by atoms with E-state index in [1.54, 1.807) is 0 Å². The third-order valence-electron chi connectivity index (χ3n) is 5.09. The van der Waals surface area contributed by atoms with Gasteiger partial charge in [0, 0.05) is 17.8 Å². The van der Waals surface area contributed by atoms with Crippen molar-refractivity contribution >= 4 is 40.3 Å². The minimum Gasteiger partial charge on any atom is -0.495 e. The molecule has 0 radical (unpaired) electrons. The number of hydrogen-bond acceptors (Lipinski definition) is 5. The Hall–Kier alpha value is -3.98. The van der Waals surface area contributed by atoms with E-state index in [-0.39, 0.29) is 16.7 Å². The predicted octanol–water partition coefficient (Wildman–Crippen LogP) is 4.89. The normalized spacial score (nSPS) is 11.2. The number of nitrogens with one attached hydrogen (secondary N) is 3. The van der Waals surface area contributed by atoms with Crippen LogP contribution in [0, 0.1) is 24.0 Å². The van der Waals surface area contributed by atoms with Gasteiger partial charge in [0.1, 0.15) is 11.8 Å². The van der Waals surface area contributed by atoms with Crippen molar-refractivity contribution < 1.29 is 14.5 Å². The van der Waals surface area contributed by atoms with E-state index in [0.29, 0.717) is 22.7 Å². The molecule has 0 aliphatic carbocycles. The molecule has 33 heavy (non-hydrogen) atoms. The van der Waals surface area contributed by atoms with E-state index in [1.807, 2.05) is 62.4 Å². The molecule has 3 N–H and O–H groups in total. The van der Waals surface area contributed by atoms with Crippen molar-refractivity contribution in [1.82, 2.24) is 5.32 Å². The van der Waals surface area contributed by atoms with Crippen LogP contribution in [0.2, 0.25) is 0 Å². The number of hydrogen-bond donors (Lipinski definition) is 3. The summed E-state index contributed by atoms with van der Waals surface area (Å²) in [6.07, 6.45) is 0. The van der Waals surface area contributed by atoms with Crippen molar-refractivity contribution in [1.29, 1.82) is 0 Å². The molecule has 1 atom stereocenters. The Morgan fingerprint density at radius 2 is 1.73 bits per heavy atom. The van der Waals surface area contributed by atoms with Crippen LogP contribution in [0.25, 0.3) is 0 Å². The van der Waals surface area contributed by atoms with E-state index in [0.717, 1.165) is 11.1 Å². The molecule has 3 aromatic rings. The molecule has 0 bridgehead atoms. The average molecular weight is 465 g/mol. The summed E-state index contributed by atoms with van der Waals surface area (Å²) in [4.78, 5) is 23.8. The summed E-state index contributed by atoms with van der Waals surface area (Å²) in [6, 6.07) is 18.1. The van der Waals surface area contributed by atoms with Gasteiger partial charge in [0.25, 0.3) is 11.6 Å². The number of nitro benzene ring substituents is 1. The fourth-order valence-corrected chi connectivity index (χ4v) is 3.40. The van der Waals surface area contributed by atoms with Crippen LogP contribution in [-0.2, 0) is 4.79 Å². The van der Waals surface area contributed by atoms with Crippen LogP contribution in [0.4, 0.5) is 17.1 Å². The summed E-state index contributed by atoms with van der Waals surface area (Å²) in [5.74, 6) is 0.0696. The quantitative estimate of drug-likeness (QED) is 0.260. The molecule has 8 nitrogen and oxygen atoms in total. The van der Waals surface area contributed by atoms with Gasteiger partial charge in [-0.2, -0.15) is 0 Å². The molecule has 3 aromatic carbocycles. The first-order valence-electron chi connectivity index (χ1n) is 10.1. The maximum Gasteiger partial charge on any atom is 0.271 e. The van der Waals surface area contributed by atoms with E-state index in [1.165, 1.54) is 25.3 Å². The summed E-state index contributed by atoms with van der Waals surface area (Å²) in [5, 5.41) is 20.1. The monoisotopic (exact) mass is 464 g/mol. The Morgan fingerprint density at radius 1 is 1.00 bits per heavy atom. The van der Waals surface area contributed by atoms with E-state index in [9.17, 15) is 14.9 Å². The van der Waals surface area contributed by atoms with Gasteiger partial charge < -0.3 is 20.7 Å². The van der Waals surface area contributed by atoms with Crippen LogP contribution in [0.1, 0.15) is 22.7 Å². The first kappa shape index (κ1) is 23.7. The summed E-state index contributed by atoms with van der Waals surface area (Å²) in [5.41, 5.74) is 3.76. The highest BCUT2D eigenvalue weighted by Gasteiger charge is 2.22. The summed E-state index contributed by atoms with van der Waals surface area (Å²) >= 11 is 5.42. The highest BCUT2D eigenvalue weighted by molar-refractivity contribution is 7.80. The van der Waals surface area contributed by atoms with Gasteiger partial charge in [0.15, 0.2) is 5.11 Å². The molecular formula is C24H24N4O4S. The largest absolute Gasteiger partial charge is 0.495 e. The van der Waals surface area contributed by atoms with Crippen molar-refractivity contribution in [2.75, 3.05) is 17.7 Å². The van der Waals surface area contributed by atoms with Crippen molar-refractivity contribution in [2.24, 2.45) is 0 Å². The van der Waals surface area contributed by atoms with Crippen molar-refractivity contribution in [3.8, 4) is 5.75 Å².